The van der Waals surface area contributed by atoms with E-state index in [-0.39, 0.29) is 18.1 Å². The summed E-state index contributed by atoms with van der Waals surface area (Å²) in [5.74, 6) is -3.12. The number of halogens is 2. The van der Waals surface area contributed by atoms with Gasteiger partial charge in [0.1, 0.15) is 17.3 Å². The first-order valence-electron chi connectivity index (χ1n) is 12.3. The maximum absolute atomic E-state index is 14.0. The van der Waals surface area contributed by atoms with Crippen LogP contribution in [0.25, 0.3) is 33.3 Å². The number of nitrogens with zero attached hydrogens (tertiary/aromatic N) is 3. The largest absolute Gasteiger partial charge is 0.351 e. The lowest BCUT2D eigenvalue weighted by molar-refractivity contribution is -0.117. The van der Waals surface area contributed by atoms with Crippen LogP contribution in [0.15, 0.2) is 85.3 Å². The molecule has 1 unspecified atom stereocenters. The van der Waals surface area contributed by atoms with E-state index in [9.17, 15) is 18.4 Å². The molecule has 0 saturated heterocycles. The molecule has 1 atom stereocenters. The number of pyridine rings is 1. The van der Waals surface area contributed by atoms with E-state index in [4.69, 9.17) is 0 Å². The van der Waals surface area contributed by atoms with Crippen LogP contribution < -0.4 is 10.6 Å². The molecule has 0 radical (unpaired) electrons. The number of H-pyrrole nitrogens is 2. The van der Waals surface area contributed by atoms with Crippen LogP contribution in [0.5, 0.6) is 0 Å². The van der Waals surface area contributed by atoms with Crippen LogP contribution in [0.1, 0.15) is 21.8 Å². The second kappa shape index (κ2) is 10.4. The molecule has 0 aliphatic carbocycles. The van der Waals surface area contributed by atoms with E-state index < -0.39 is 29.4 Å². The van der Waals surface area contributed by atoms with Crippen molar-refractivity contribution in [3.05, 3.63) is 108 Å². The first-order valence-corrected chi connectivity index (χ1v) is 12.3. The second-order valence-electron chi connectivity index (χ2n) is 9.13. The number of carbonyl (C=O) groups excluding carboxylic acids is 2. The van der Waals surface area contributed by atoms with Crippen LogP contribution in [0.2, 0.25) is 0 Å². The summed E-state index contributed by atoms with van der Waals surface area (Å²) in [6, 6.07) is 17.6. The predicted octanol–water partition coefficient (Wildman–Crippen LogP) is 4.93. The van der Waals surface area contributed by atoms with Crippen LogP contribution in [-0.2, 0) is 4.79 Å². The fourth-order valence-electron chi connectivity index (χ4n) is 4.46. The Labute approximate surface area is 225 Å². The molecule has 2 amide bonds. The minimum Gasteiger partial charge on any atom is -0.351 e. The zero-order chi connectivity index (χ0) is 27.6. The molecular weight excluding hydrogens is 516 g/mol. The van der Waals surface area contributed by atoms with E-state index in [1.807, 2.05) is 30.3 Å². The van der Waals surface area contributed by atoms with Crippen molar-refractivity contribution < 1.29 is 18.4 Å². The Balaban J connectivity index is 1.22. The third-order valence-electron chi connectivity index (χ3n) is 6.43. The number of nitrogens with one attached hydrogen (secondary N) is 4. The van der Waals surface area contributed by atoms with Crippen LogP contribution in [0, 0.1) is 11.6 Å². The highest BCUT2D eigenvalue weighted by molar-refractivity contribution is 5.99. The molecule has 0 aliphatic heterocycles. The lowest BCUT2D eigenvalue weighted by atomic mass is 9.97. The first kappa shape index (κ1) is 24.9. The number of hydrogen-bond donors (Lipinski definition) is 4. The summed E-state index contributed by atoms with van der Waals surface area (Å²) in [6.07, 6.45) is 4.74. The van der Waals surface area contributed by atoms with Gasteiger partial charge in [-0.2, -0.15) is 0 Å². The van der Waals surface area contributed by atoms with Crippen molar-refractivity contribution in [3.8, 4) is 11.5 Å². The van der Waals surface area contributed by atoms with Crippen LogP contribution in [-0.4, -0.2) is 43.3 Å². The maximum Gasteiger partial charge on any atom is 0.251 e. The maximum atomic E-state index is 14.0. The fraction of sp³-hybridized carbons (Fsp3) is 0.0690. The van der Waals surface area contributed by atoms with Gasteiger partial charge < -0.3 is 15.3 Å². The molecule has 0 fully saturated rings. The van der Waals surface area contributed by atoms with Gasteiger partial charge in [0.25, 0.3) is 5.91 Å². The highest BCUT2D eigenvalue weighted by Crippen LogP contribution is 2.24. The SMILES string of the molecule is O=C(NCC(C(=O)Nc1ncc[nH]1)c1cc(F)cc(F)c1)c1ccc2nc(-c3cc4ccccc4cn3)[nH]c2c1. The number of amides is 2. The highest BCUT2D eigenvalue weighted by atomic mass is 19.1. The van der Waals surface area contributed by atoms with Crippen molar-refractivity contribution in [2.24, 2.45) is 0 Å². The lowest BCUT2D eigenvalue weighted by Crippen LogP contribution is -2.34. The third-order valence-corrected chi connectivity index (χ3v) is 6.43. The van der Waals surface area contributed by atoms with Gasteiger partial charge in [-0.15, -0.1) is 0 Å². The van der Waals surface area contributed by atoms with E-state index in [2.05, 4.69) is 35.6 Å². The molecule has 3 aromatic heterocycles. The fourth-order valence-corrected chi connectivity index (χ4v) is 4.46. The minimum absolute atomic E-state index is 0.0680. The zero-order valence-electron chi connectivity index (χ0n) is 20.8. The van der Waals surface area contributed by atoms with E-state index in [0.29, 0.717) is 34.2 Å². The Bertz CT molecular complexity index is 1850. The Hall–Kier alpha value is -5.45. The average molecular weight is 538 g/mol. The monoisotopic (exact) mass is 537 g/mol. The standard InChI is InChI=1S/C29H21F2N7O2/c30-20-9-19(10-21(31)13-20)22(28(40)38-29-32-7-8-33-29)15-35-27(39)17-5-6-23-24(12-17)37-26(36-23)25-11-16-3-1-2-4-18(16)14-34-25/h1-14,22H,15H2,(H,35,39)(H,36,37)(H2,32,33,38,40). The van der Waals surface area contributed by atoms with E-state index in [0.717, 1.165) is 22.9 Å². The molecule has 0 aliphatic rings. The van der Waals surface area contributed by atoms with Gasteiger partial charge in [0.2, 0.25) is 11.9 Å². The molecule has 0 bridgehead atoms. The third kappa shape index (κ3) is 5.12. The molecule has 11 heteroatoms. The molecule has 4 N–H and O–H groups in total. The topological polar surface area (TPSA) is 128 Å². The van der Waals surface area contributed by atoms with Crippen molar-refractivity contribution >= 4 is 39.6 Å². The zero-order valence-corrected chi connectivity index (χ0v) is 20.8. The summed E-state index contributed by atoms with van der Waals surface area (Å²) >= 11 is 0. The number of imidazole rings is 2. The number of aromatic nitrogens is 5. The van der Waals surface area contributed by atoms with Crippen molar-refractivity contribution in [2.45, 2.75) is 5.92 Å². The molecule has 0 saturated carbocycles. The van der Waals surface area contributed by atoms with Gasteiger partial charge in [0.05, 0.1) is 17.0 Å². The molecule has 0 spiro atoms. The number of anilines is 1. The Morgan fingerprint density at radius 2 is 1.73 bits per heavy atom. The van der Waals surface area contributed by atoms with E-state index >= 15 is 0 Å². The summed E-state index contributed by atoms with van der Waals surface area (Å²) in [4.78, 5) is 45.0. The summed E-state index contributed by atoms with van der Waals surface area (Å²) in [7, 11) is 0. The normalized spacial score (nSPS) is 11.9. The summed E-state index contributed by atoms with van der Waals surface area (Å²) in [6.45, 7) is -0.221. The molecule has 6 rings (SSSR count). The molecule has 3 aromatic carbocycles. The average Bonchev–Trinajstić information content (AvgIpc) is 3.62. The number of benzene rings is 3. The molecule has 6 aromatic rings. The number of hydrogen-bond acceptors (Lipinski definition) is 5. The van der Waals surface area contributed by atoms with Gasteiger partial charge >= 0.3 is 0 Å². The van der Waals surface area contributed by atoms with Crippen molar-refractivity contribution in [2.75, 3.05) is 11.9 Å². The quantitative estimate of drug-likeness (QED) is 0.230. The van der Waals surface area contributed by atoms with Crippen molar-refractivity contribution in [1.82, 2.24) is 30.2 Å². The van der Waals surface area contributed by atoms with Crippen LogP contribution in [0.4, 0.5) is 14.7 Å². The second-order valence-corrected chi connectivity index (χ2v) is 9.13. The molecular formula is C29H21F2N7O2. The molecule has 198 valence electrons. The highest BCUT2D eigenvalue weighted by Gasteiger charge is 2.24. The molecule has 3 heterocycles. The lowest BCUT2D eigenvalue weighted by Gasteiger charge is -2.17. The summed E-state index contributed by atoms with van der Waals surface area (Å²) < 4.78 is 27.9. The predicted molar refractivity (Wildman–Crippen MR) is 145 cm³/mol. The van der Waals surface area contributed by atoms with Crippen LogP contribution >= 0.6 is 0 Å². The summed E-state index contributed by atoms with van der Waals surface area (Å²) in [5.41, 5.74) is 2.31. The number of carbonyl (C=O) groups is 2. The van der Waals surface area contributed by atoms with Gasteiger partial charge in [0.15, 0.2) is 5.82 Å². The smallest absolute Gasteiger partial charge is 0.251 e. The van der Waals surface area contributed by atoms with Gasteiger partial charge in [-0.3, -0.25) is 19.9 Å². The molecule has 9 nitrogen and oxygen atoms in total. The Morgan fingerprint density at radius 3 is 2.50 bits per heavy atom. The minimum atomic E-state index is -1.10. The van der Waals surface area contributed by atoms with E-state index in [1.165, 1.54) is 12.4 Å². The summed E-state index contributed by atoms with van der Waals surface area (Å²) in [5, 5.41) is 7.29. The Kier molecular flexibility index (Phi) is 6.44. The van der Waals surface area contributed by atoms with Crippen molar-refractivity contribution in [1.29, 1.82) is 0 Å². The first-order chi connectivity index (χ1) is 19.4. The van der Waals surface area contributed by atoms with Crippen molar-refractivity contribution in [3.63, 3.8) is 0 Å². The van der Waals surface area contributed by atoms with Gasteiger partial charge in [0, 0.05) is 42.2 Å². The van der Waals surface area contributed by atoms with Crippen LogP contribution in [0.3, 0.4) is 0 Å². The van der Waals surface area contributed by atoms with Gasteiger partial charge in [-0.25, -0.2) is 18.7 Å². The Morgan fingerprint density at radius 1 is 0.925 bits per heavy atom. The number of aromatic amines is 2. The van der Waals surface area contributed by atoms with E-state index in [1.54, 1.807) is 24.4 Å². The number of fused-ring (bicyclic) bond motifs is 2. The van der Waals surface area contributed by atoms with Gasteiger partial charge in [-0.1, -0.05) is 24.3 Å². The molecule has 40 heavy (non-hydrogen) atoms. The van der Waals surface area contributed by atoms with Gasteiger partial charge in [-0.05, 0) is 47.3 Å². The number of rotatable bonds is 7.